The van der Waals surface area contributed by atoms with Gasteiger partial charge in [0.25, 0.3) is 23.5 Å². The zero-order valence-corrected chi connectivity index (χ0v) is 38.6. The molecule has 0 aromatic rings. The summed E-state index contributed by atoms with van der Waals surface area (Å²) in [6.07, 6.45) is -8.15. The summed E-state index contributed by atoms with van der Waals surface area (Å²) in [6.45, 7) is 20.1. The maximum atomic E-state index is 13.2. The second kappa shape index (κ2) is 19.8. The summed E-state index contributed by atoms with van der Waals surface area (Å²) in [7, 11) is -19.5. The molecule has 9 unspecified atom stereocenters. The van der Waals surface area contributed by atoms with Crippen LogP contribution < -0.4 is 19.6 Å². The monoisotopic (exact) mass is 910 g/mol. The van der Waals surface area contributed by atoms with Gasteiger partial charge in [-0.2, -0.15) is 0 Å². The smallest absolute Gasteiger partial charge is 0.268 e. The van der Waals surface area contributed by atoms with Crippen molar-refractivity contribution >= 4 is 31.1 Å². The second-order valence-electron chi connectivity index (χ2n) is 17.8. The molecule has 4 aliphatic rings. The standard InChI is InChI=1S/C35H66O19P4/c1-12-26(33-25(34(6,7)8)15-21(2)49-33)50-58(42,43)53-30-18-24(5)48-32(30)20-45-57(40,41)52-29-17-23(4)47-31(29)19-44-56(38,39)51-28-16-22(3)46-27(28)13-14-55(36,37)54-35(9,10)11/h12,21-33H,1,13-20H2,2-11H3,(H,36,37)(H,38,39)(H,40,41)(H,42,43)/p-4/t21-,22-,23-,24-,25?,26?,27+,28?,29?,30?,31+,32+,33-/m0/s1. The first-order valence-electron chi connectivity index (χ1n) is 19.7. The summed E-state index contributed by atoms with van der Waals surface area (Å²) in [4.78, 5) is 51.6. The van der Waals surface area contributed by atoms with E-state index in [4.69, 9.17) is 50.6 Å². The first-order valence-corrected chi connectivity index (χ1v) is 25.8. The SMILES string of the molecule is C=CC(OP(=O)([O-])OC1C[C@H](C)O[C@@H]1COP(=O)([O-])OC1C[C@H](C)O[C@@H]1COP(=O)([O-])OC1C[C@H](C)O[C@@H]1CCP(=O)([O-])OC(C)(C)C)[C@H]1O[C@@H](C)CC1C(C)(C)C. The van der Waals surface area contributed by atoms with Gasteiger partial charge >= 0.3 is 0 Å². The molecule has 0 aromatic carbocycles. The normalized spacial score (nSPS) is 38.2. The van der Waals surface area contributed by atoms with Gasteiger partial charge in [-0.25, -0.2) is 0 Å². The fraction of sp³-hybridized carbons (Fsp3) is 0.943. The van der Waals surface area contributed by atoms with Gasteiger partial charge in [0.2, 0.25) is 0 Å². The molecule has 4 aliphatic heterocycles. The summed E-state index contributed by atoms with van der Waals surface area (Å²) >= 11 is 0. The lowest BCUT2D eigenvalue weighted by atomic mass is 9.75. The number of hydrogen-bond donors (Lipinski definition) is 0. The van der Waals surface area contributed by atoms with Gasteiger partial charge in [0, 0.05) is 25.4 Å². The second-order valence-corrected chi connectivity index (χ2v) is 23.7. The van der Waals surface area contributed by atoms with Gasteiger partial charge < -0.3 is 74.8 Å². The maximum absolute atomic E-state index is 13.2. The summed E-state index contributed by atoms with van der Waals surface area (Å²) < 4.78 is 112. The highest BCUT2D eigenvalue weighted by molar-refractivity contribution is 7.51. The Balaban J connectivity index is 1.30. The van der Waals surface area contributed by atoms with E-state index in [2.05, 4.69) is 6.58 Å². The Morgan fingerprint density at radius 2 is 1.07 bits per heavy atom. The van der Waals surface area contributed by atoms with Crippen LogP contribution in [0.25, 0.3) is 0 Å². The molecule has 0 saturated carbocycles. The van der Waals surface area contributed by atoms with Crippen molar-refractivity contribution in [3.8, 4) is 0 Å². The van der Waals surface area contributed by atoms with E-state index in [1.54, 1.807) is 41.5 Å². The topological polar surface area (TPSA) is 262 Å². The number of rotatable bonds is 20. The van der Waals surface area contributed by atoms with Crippen molar-refractivity contribution < 1.29 is 88.4 Å². The molecule has 0 amide bonds. The number of phosphoric ester groups is 3. The summed E-state index contributed by atoms with van der Waals surface area (Å²) in [5, 5.41) is 0. The van der Waals surface area contributed by atoms with Crippen LogP contribution in [0.5, 0.6) is 0 Å². The Bertz CT molecular complexity index is 1570. The molecule has 58 heavy (non-hydrogen) atoms. The molecule has 4 rings (SSSR count). The van der Waals surface area contributed by atoms with Crippen molar-refractivity contribution in [3.05, 3.63) is 12.7 Å². The van der Waals surface area contributed by atoms with Crippen molar-refractivity contribution in [2.45, 2.75) is 180 Å². The molecule has 23 heteroatoms. The van der Waals surface area contributed by atoms with Crippen LogP contribution in [0, 0.1) is 11.3 Å². The van der Waals surface area contributed by atoms with Gasteiger partial charge in [0.05, 0.1) is 73.8 Å². The molecule has 0 radical (unpaired) electrons. The van der Waals surface area contributed by atoms with Crippen LogP contribution in [0.2, 0.25) is 0 Å². The van der Waals surface area contributed by atoms with Crippen LogP contribution in [-0.2, 0) is 68.9 Å². The highest BCUT2D eigenvalue weighted by Crippen LogP contribution is 2.51. The molecule has 340 valence electrons. The molecule has 0 bridgehead atoms. The highest BCUT2D eigenvalue weighted by Gasteiger charge is 2.46. The Morgan fingerprint density at radius 1 is 0.655 bits per heavy atom. The zero-order chi connectivity index (χ0) is 43.6. The van der Waals surface area contributed by atoms with Crippen LogP contribution in [0.4, 0.5) is 0 Å². The number of hydrogen-bond acceptors (Lipinski definition) is 19. The predicted octanol–water partition coefficient (Wildman–Crippen LogP) is 4.28. The molecule has 4 saturated heterocycles. The molecular formula is C35H62O19P4-4. The van der Waals surface area contributed by atoms with Crippen LogP contribution in [0.15, 0.2) is 12.7 Å². The number of ether oxygens (including phenoxy) is 4. The first-order chi connectivity index (χ1) is 26.5. The van der Waals surface area contributed by atoms with E-state index in [0.717, 1.165) is 0 Å². The average molecular weight is 911 g/mol. The van der Waals surface area contributed by atoms with Crippen LogP contribution >= 0.6 is 31.1 Å². The third-order valence-electron chi connectivity index (χ3n) is 10.1. The predicted molar refractivity (Wildman–Crippen MR) is 201 cm³/mol. The minimum atomic E-state index is -5.15. The molecule has 0 spiro atoms. The lowest BCUT2D eigenvalue weighted by Gasteiger charge is -2.37. The highest BCUT2D eigenvalue weighted by atomic mass is 31.2. The third-order valence-corrected chi connectivity index (χ3v) is 14.8. The van der Waals surface area contributed by atoms with Crippen molar-refractivity contribution in [3.63, 3.8) is 0 Å². The minimum absolute atomic E-state index is 0.0268. The Labute approximate surface area is 342 Å². The molecule has 0 N–H and O–H groups in total. The van der Waals surface area contributed by atoms with Crippen LogP contribution in [-0.4, -0.2) is 98.2 Å². The maximum Gasteiger partial charge on any atom is 0.268 e. The Kier molecular flexibility index (Phi) is 17.3. The first kappa shape index (κ1) is 50.7. The third kappa shape index (κ3) is 15.7. The Hall–Kier alpha value is 0.0600. The summed E-state index contributed by atoms with van der Waals surface area (Å²) in [5.41, 5.74) is -1.16. The molecule has 4 fully saturated rings. The van der Waals surface area contributed by atoms with Gasteiger partial charge in [0.1, 0.15) is 25.9 Å². The van der Waals surface area contributed by atoms with Crippen LogP contribution in [0.1, 0.15) is 101 Å². The molecule has 17 atom stereocenters. The Morgan fingerprint density at radius 3 is 1.50 bits per heavy atom. The molecule has 0 aromatic heterocycles. The quantitative estimate of drug-likeness (QED) is 0.122. The molecule has 0 aliphatic carbocycles. The van der Waals surface area contributed by atoms with Crippen LogP contribution in [0.3, 0.4) is 0 Å². The zero-order valence-electron chi connectivity index (χ0n) is 35.0. The fourth-order valence-corrected chi connectivity index (χ4v) is 12.2. The van der Waals surface area contributed by atoms with Crippen molar-refractivity contribution in [1.82, 2.24) is 0 Å². The van der Waals surface area contributed by atoms with Gasteiger partial charge in [0.15, 0.2) is 0 Å². The molecular weight excluding hydrogens is 848 g/mol. The summed E-state index contributed by atoms with van der Waals surface area (Å²) in [5.74, 6) is -0.0337. The lowest BCUT2D eigenvalue weighted by molar-refractivity contribution is -0.240. The average Bonchev–Trinajstić information content (AvgIpc) is 3.80. The van der Waals surface area contributed by atoms with Gasteiger partial charge in [-0.05, 0) is 72.6 Å². The van der Waals surface area contributed by atoms with E-state index in [-0.39, 0.29) is 43.1 Å². The largest absolute Gasteiger partial charge is 0.778 e. The van der Waals surface area contributed by atoms with Gasteiger partial charge in [-0.15, -0.1) is 6.58 Å². The van der Waals surface area contributed by atoms with Gasteiger partial charge in [-0.3, -0.25) is 13.7 Å². The van der Waals surface area contributed by atoms with E-state index < -0.39 is 123 Å². The fourth-order valence-electron chi connectivity index (χ4n) is 7.75. The van der Waals surface area contributed by atoms with E-state index in [9.17, 15) is 37.8 Å². The van der Waals surface area contributed by atoms with E-state index in [1.807, 2.05) is 27.7 Å². The number of phosphoric acid groups is 3. The van der Waals surface area contributed by atoms with E-state index >= 15 is 0 Å². The minimum Gasteiger partial charge on any atom is -0.778 e. The van der Waals surface area contributed by atoms with Crippen molar-refractivity contribution in [2.75, 3.05) is 19.4 Å². The van der Waals surface area contributed by atoms with Crippen molar-refractivity contribution in [2.24, 2.45) is 11.3 Å². The van der Waals surface area contributed by atoms with Crippen molar-refractivity contribution in [1.29, 1.82) is 0 Å². The van der Waals surface area contributed by atoms with E-state index in [0.29, 0.717) is 6.42 Å². The molecule has 4 heterocycles. The van der Waals surface area contributed by atoms with Gasteiger partial charge in [-0.1, -0.05) is 26.8 Å². The van der Waals surface area contributed by atoms with E-state index in [1.165, 1.54) is 6.08 Å². The lowest BCUT2D eigenvalue weighted by Crippen LogP contribution is -2.39. The molecule has 19 nitrogen and oxygen atoms in total. The summed E-state index contributed by atoms with van der Waals surface area (Å²) in [6, 6.07) is 0.